The van der Waals surface area contributed by atoms with Crippen LogP contribution in [0.1, 0.15) is 19.4 Å². The number of halogens is 3. The molecule has 1 unspecified atom stereocenters. The molecule has 0 aromatic heterocycles. The molecule has 1 aliphatic rings. The van der Waals surface area contributed by atoms with Crippen molar-refractivity contribution in [2.75, 3.05) is 19.0 Å². The van der Waals surface area contributed by atoms with E-state index in [0.29, 0.717) is 31.1 Å². The second-order valence-electron chi connectivity index (χ2n) is 5.56. The third-order valence-corrected chi connectivity index (χ3v) is 3.47. The average Bonchev–Trinajstić information content (AvgIpc) is 2.32. The summed E-state index contributed by atoms with van der Waals surface area (Å²) in [7, 11) is 0. The van der Waals surface area contributed by atoms with Gasteiger partial charge in [-0.2, -0.15) is 0 Å². The normalized spacial score (nSPS) is 23.5. The van der Waals surface area contributed by atoms with Crippen LogP contribution >= 0.6 is 11.6 Å². The van der Waals surface area contributed by atoms with Gasteiger partial charge in [-0.05, 0) is 32.0 Å². The molecule has 0 bridgehead atoms. The maximum Gasteiger partial charge on any atom is 0.127 e. The summed E-state index contributed by atoms with van der Waals surface area (Å²) in [5, 5.41) is 0. The van der Waals surface area contributed by atoms with E-state index in [1.54, 1.807) is 0 Å². The van der Waals surface area contributed by atoms with Gasteiger partial charge in [0.1, 0.15) is 11.6 Å². The van der Waals surface area contributed by atoms with Crippen LogP contribution in [0.3, 0.4) is 0 Å². The van der Waals surface area contributed by atoms with Crippen molar-refractivity contribution in [3.63, 3.8) is 0 Å². The first-order valence-electron chi connectivity index (χ1n) is 6.30. The van der Waals surface area contributed by atoms with Crippen LogP contribution in [0.5, 0.6) is 0 Å². The predicted molar refractivity (Wildman–Crippen MR) is 71.3 cm³/mol. The van der Waals surface area contributed by atoms with E-state index in [-0.39, 0.29) is 17.5 Å². The van der Waals surface area contributed by atoms with Crippen molar-refractivity contribution in [2.24, 2.45) is 0 Å². The zero-order chi connectivity index (χ0) is 14.0. The summed E-state index contributed by atoms with van der Waals surface area (Å²) in [4.78, 5) is 2.05. The van der Waals surface area contributed by atoms with Crippen LogP contribution in [-0.4, -0.2) is 35.6 Å². The topological polar surface area (TPSA) is 12.5 Å². The van der Waals surface area contributed by atoms with Crippen LogP contribution in [-0.2, 0) is 11.3 Å². The summed E-state index contributed by atoms with van der Waals surface area (Å²) >= 11 is 5.85. The monoisotopic (exact) mass is 289 g/mol. The molecule has 0 radical (unpaired) electrons. The number of hydrogen-bond acceptors (Lipinski definition) is 2. The Balaban J connectivity index is 2.11. The standard InChI is InChI=1S/C14H18ClF2NO/c1-14(2)9-18(8-12(6-15)19-14)7-10-5-11(16)3-4-13(10)17/h3-5,12H,6-9H2,1-2H3. The molecular formula is C14H18ClF2NO. The van der Waals surface area contributed by atoms with Gasteiger partial charge in [-0.1, -0.05) is 0 Å². The Kier molecular flexibility index (Phi) is 4.43. The van der Waals surface area contributed by atoms with Crippen LogP contribution in [0.25, 0.3) is 0 Å². The maximum absolute atomic E-state index is 13.6. The molecule has 106 valence electrons. The largest absolute Gasteiger partial charge is 0.368 e. The second-order valence-corrected chi connectivity index (χ2v) is 5.87. The molecule has 2 nitrogen and oxygen atoms in total. The molecule has 0 N–H and O–H groups in total. The van der Waals surface area contributed by atoms with E-state index >= 15 is 0 Å². The quantitative estimate of drug-likeness (QED) is 0.793. The van der Waals surface area contributed by atoms with Gasteiger partial charge in [-0.25, -0.2) is 8.78 Å². The van der Waals surface area contributed by atoms with E-state index in [1.807, 2.05) is 13.8 Å². The molecule has 0 spiro atoms. The molecule has 0 saturated carbocycles. The van der Waals surface area contributed by atoms with E-state index in [4.69, 9.17) is 16.3 Å². The van der Waals surface area contributed by atoms with Crippen molar-refractivity contribution in [2.45, 2.75) is 32.1 Å². The number of ether oxygens (including phenoxy) is 1. The van der Waals surface area contributed by atoms with Crippen molar-refractivity contribution < 1.29 is 13.5 Å². The number of nitrogens with zero attached hydrogens (tertiary/aromatic N) is 1. The Hall–Kier alpha value is -0.710. The van der Waals surface area contributed by atoms with E-state index < -0.39 is 5.82 Å². The van der Waals surface area contributed by atoms with E-state index in [0.717, 1.165) is 12.1 Å². The molecule has 1 saturated heterocycles. The highest BCUT2D eigenvalue weighted by Crippen LogP contribution is 2.24. The van der Waals surface area contributed by atoms with Gasteiger partial charge in [0, 0.05) is 31.1 Å². The van der Waals surface area contributed by atoms with Gasteiger partial charge in [0.25, 0.3) is 0 Å². The van der Waals surface area contributed by atoms with Crippen LogP contribution in [0.2, 0.25) is 0 Å². The molecular weight excluding hydrogens is 272 g/mol. The molecule has 5 heteroatoms. The van der Waals surface area contributed by atoms with Crippen molar-refractivity contribution in [1.29, 1.82) is 0 Å². The summed E-state index contributed by atoms with van der Waals surface area (Å²) < 4.78 is 32.6. The summed E-state index contributed by atoms with van der Waals surface area (Å²) in [5.41, 5.74) is 0.0349. The van der Waals surface area contributed by atoms with Crippen molar-refractivity contribution in [3.8, 4) is 0 Å². The highest BCUT2D eigenvalue weighted by Gasteiger charge is 2.33. The van der Waals surface area contributed by atoms with Gasteiger partial charge in [0.2, 0.25) is 0 Å². The average molecular weight is 290 g/mol. The lowest BCUT2D eigenvalue weighted by Gasteiger charge is -2.42. The molecule has 1 heterocycles. The maximum atomic E-state index is 13.6. The fourth-order valence-corrected chi connectivity index (χ4v) is 2.68. The minimum atomic E-state index is -0.419. The smallest absolute Gasteiger partial charge is 0.127 e. The second kappa shape index (κ2) is 5.73. The van der Waals surface area contributed by atoms with E-state index in [1.165, 1.54) is 6.07 Å². The van der Waals surface area contributed by atoms with Crippen molar-refractivity contribution >= 4 is 11.6 Å². The molecule has 1 aliphatic heterocycles. The van der Waals surface area contributed by atoms with Gasteiger partial charge in [0.15, 0.2) is 0 Å². The van der Waals surface area contributed by atoms with Crippen LogP contribution in [0.4, 0.5) is 8.78 Å². The summed E-state index contributed by atoms with van der Waals surface area (Å²) in [5.74, 6) is -0.406. The van der Waals surface area contributed by atoms with Crippen molar-refractivity contribution in [3.05, 3.63) is 35.4 Å². The van der Waals surface area contributed by atoms with Gasteiger partial charge < -0.3 is 4.74 Å². The van der Waals surface area contributed by atoms with Gasteiger partial charge >= 0.3 is 0 Å². The first-order chi connectivity index (χ1) is 8.89. The molecule has 1 aromatic rings. The van der Waals surface area contributed by atoms with E-state index in [9.17, 15) is 8.78 Å². The highest BCUT2D eigenvalue weighted by molar-refractivity contribution is 6.18. The summed E-state index contributed by atoms with van der Waals surface area (Å²) in [6.07, 6.45) is -0.0814. The van der Waals surface area contributed by atoms with Gasteiger partial charge in [-0.3, -0.25) is 4.90 Å². The first-order valence-corrected chi connectivity index (χ1v) is 6.83. The summed E-state index contributed by atoms with van der Waals surface area (Å²) in [6, 6.07) is 3.53. The molecule has 0 amide bonds. The molecule has 1 atom stereocenters. The third kappa shape index (κ3) is 3.88. The number of hydrogen-bond donors (Lipinski definition) is 0. The zero-order valence-corrected chi connectivity index (χ0v) is 11.9. The Labute approximate surface area is 117 Å². The lowest BCUT2D eigenvalue weighted by molar-refractivity contribution is -0.129. The fourth-order valence-electron chi connectivity index (χ4n) is 2.52. The van der Waals surface area contributed by atoms with Crippen LogP contribution in [0.15, 0.2) is 18.2 Å². The molecule has 2 rings (SSSR count). The minimum Gasteiger partial charge on any atom is -0.368 e. The molecule has 19 heavy (non-hydrogen) atoms. The Morgan fingerprint density at radius 1 is 1.42 bits per heavy atom. The van der Waals surface area contributed by atoms with Crippen LogP contribution in [0, 0.1) is 11.6 Å². The number of rotatable bonds is 3. The SMILES string of the molecule is CC1(C)CN(Cc2cc(F)ccc2F)CC(CCl)O1. The van der Waals surface area contributed by atoms with Gasteiger partial charge in [0.05, 0.1) is 11.7 Å². The van der Waals surface area contributed by atoms with E-state index in [2.05, 4.69) is 4.90 Å². The lowest BCUT2D eigenvalue weighted by Crippen LogP contribution is -2.52. The highest BCUT2D eigenvalue weighted by atomic mass is 35.5. The minimum absolute atomic E-state index is 0.0814. The predicted octanol–water partition coefficient (Wildman–Crippen LogP) is 3.18. The lowest BCUT2D eigenvalue weighted by atomic mass is 10.0. The van der Waals surface area contributed by atoms with Crippen molar-refractivity contribution in [1.82, 2.24) is 4.90 Å². The number of alkyl halides is 1. The van der Waals surface area contributed by atoms with Gasteiger partial charge in [-0.15, -0.1) is 11.6 Å². The molecule has 0 aliphatic carbocycles. The molecule has 1 aromatic carbocycles. The third-order valence-electron chi connectivity index (χ3n) is 3.13. The zero-order valence-electron chi connectivity index (χ0n) is 11.1. The first kappa shape index (κ1) is 14.7. The Morgan fingerprint density at radius 2 is 2.16 bits per heavy atom. The number of morpholine rings is 1. The van der Waals surface area contributed by atoms with Crippen LogP contribution < -0.4 is 0 Å². The fraction of sp³-hybridized carbons (Fsp3) is 0.571. The summed E-state index contributed by atoms with van der Waals surface area (Å²) in [6.45, 7) is 5.60. The molecule has 1 fully saturated rings. The Bertz CT molecular complexity index is 453. The Morgan fingerprint density at radius 3 is 2.84 bits per heavy atom. The number of benzene rings is 1.